The van der Waals surface area contributed by atoms with Crippen molar-refractivity contribution in [3.63, 3.8) is 0 Å². The molecule has 1 N–H and O–H groups in total. The summed E-state index contributed by atoms with van der Waals surface area (Å²) < 4.78 is 32.4. The fourth-order valence-electron chi connectivity index (χ4n) is 3.89. The van der Waals surface area contributed by atoms with E-state index in [-0.39, 0.29) is 49.7 Å². The number of nitrogens with zero attached hydrogens (tertiary/aromatic N) is 1. The van der Waals surface area contributed by atoms with Gasteiger partial charge in [0.2, 0.25) is 11.8 Å². The summed E-state index contributed by atoms with van der Waals surface area (Å²) in [5, 5.41) is 10.6. The topological polar surface area (TPSA) is 49.8 Å². The number of hydrogen-bond donors (Lipinski definition) is 1. The van der Waals surface area contributed by atoms with Gasteiger partial charge in [-0.3, -0.25) is 4.79 Å². The van der Waals surface area contributed by atoms with Crippen molar-refractivity contribution >= 4 is 5.91 Å². The molecule has 0 unspecified atom stereocenters. The first-order valence-corrected chi connectivity index (χ1v) is 8.92. The number of aliphatic hydroxyl groups excluding tert-OH is 1. The minimum atomic E-state index is -2.64. The minimum Gasteiger partial charge on any atom is -0.488 e. The maximum Gasteiger partial charge on any atom is 0.248 e. The molecule has 2 aliphatic rings. The molecule has 3 atom stereocenters. The number of aliphatic hydroxyl groups is 1. The molecule has 2 aliphatic carbocycles. The first-order valence-electron chi connectivity index (χ1n) is 8.92. The fraction of sp³-hybridized carbons (Fsp3) is 0.632. The number of amides is 1. The van der Waals surface area contributed by atoms with E-state index < -0.39 is 12.0 Å². The normalized spacial score (nSPS) is 29.4. The van der Waals surface area contributed by atoms with Gasteiger partial charge in [-0.2, -0.15) is 0 Å². The van der Waals surface area contributed by atoms with Crippen molar-refractivity contribution in [1.29, 1.82) is 0 Å². The van der Waals surface area contributed by atoms with Gasteiger partial charge >= 0.3 is 0 Å². The summed E-state index contributed by atoms with van der Waals surface area (Å²) in [6.45, 7) is 0. The average molecular weight is 353 g/mol. The van der Waals surface area contributed by atoms with Crippen LogP contribution in [0, 0.1) is 5.92 Å². The molecule has 0 radical (unpaired) electrons. The molecular formula is C19H25F2NO3. The number of ether oxygens (including phenoxy) is 1. The molecule has 6 heteroatoms. The van der Waals surface area contributed by atoms with E-state index >= 15 is 0 Å². The number of para-hydroxylation sites is 1. The quantitative estimate of drug-likeness (QED) is 0.904. The van der Waals surface area contributed by atoms with Crippen LogP contribution in [0.5, 0.6) is 5.75 Å². The Morgan fingerprint density at radius 2 is 1.80 bits per heavy atom. The summed E-state index contributed by atoms with van der Waals surface area (Å²) in [7, 11) is 1.66. The summed E-state index contributed by atoms with van der Waals surface area (Å²) in [6, 6.07) is 8.95. The Bertz CT molecular complexity index is 586. The Kier molecular flexibility index (Phi) is 5.27. The van der Waals surface area contributed by atoms with Gasteiger partial charge in [0, 0.05) is 25.8 Å². The molecule has 0 aliphatic heterocycles. The van der Waals surface area contributed by atoms with Crippen molar-refractivity contribution in [2.75, 3.05) is 7.05 Å². The van der Waals surface area contributed by atoms with Gasteiger partial charge in [0.05, 0.1) is 6.04 Å². The van der Waals surface area contributed by atoms with Gasteiger partial charge in [-0.05, 0) is 37.8 Å². The van der Waals surface area contributed by atoms with E-state index in [2.05, 4.69) is 0 Å². The Labute approximate surface area is 146 Å². The van der Waals surface area contributed by atoms with E-state index in [1.54, 1.807) is 11.9 Å². The van der Waals surface area contributed by atoms with Crippen molar-refractivity contribution in [3.8, 4) is 5.75 Å². The minimum absolute atomic E-state index is 0.139. The zero-order chi connectivity index (χ0) is 18.0. The average Bonchev–Trinajstić information content (AvgIpc) is 2.95. The summed E-state index contributed by atoms with van der Waals surface area (Å²) in [6.07, 6.45) is 0.114. The lowest BCUT2D eigenvalue weighted by atomic mass is 9.85. The van der Waals surface area contributed by atoms with Crippen LogP contribution in [0.3, 0.4) is 0 Å². The number of halogens is 2. The van der Waals surface area contributed by atoms with Gasteiger partial charge in [0.25, 0.3) is 0 Å². The highest BCUT2D eigenvalue weighted by atomic mass is 19.3. The van der Waals surface area contributed by atoms with Crippen LogP contribution in [0.4, 0.5) is 8.78 Å². The highest BCUT2D eigenvalue weighted by Crippen LogP contribution is 2.37. The molecule has 1 aromatic carbocycles. The smallest absolute Gasteiger partial charge is 0.248 e. The van der Waals surface area contributed by atoms with Crippen LogP contribution in [0.1, 0.15) is 38.5 Å². The molecule has 0 saturated heterocycles. The lowest BCUT2D eigenvalue weighted by molar-refractivity contribution is -0.142. The highest BCUT2D eigenvalue weighted by molar-refractivity contribution is 5.79. The molecule has 2 saturated carbocycles. The molecule has 2 fully saturated rings. The van der Waals surface area contributed by atoms with Crippen molar-refractivity contribution in [3.05, 3.63) is 30.3 Å². The van der Waals surface area contributed by atoms with Crippen LogP contribution >= 0.6 is 0 Å². The molecule has 0 bridgehead atoms. The highest BCUT2D eigenvalue weighted by Gasteiger charge is 2.43. The van der Waals surface area contributed by atoms with E-state index in [9.17, 15) is 18.7 Å². The third kappa shape index (κ3) is 4.11. The number of benzene rings is 1. The molecule has 3 rings (SSSR count). The number of hydrogen-bond acceptors (Lipinski definition) is 3. The number of alkyl halides is 2. The second-order valence-electron chi connectivity index (χ2n) is 7.18. The first kappa shape index (κ1) is 18.1. The van der Waals surface area contributed by atoms with Crippen LogP contribution in [-0.4, -0.2) is 47.1 Å². The molecule has 138 valence electrons. The molecule has 1 amide bonds. The van der Waals surface area contributed by atoms with Gasteiger partial charge in [0.1, 0.15) is 18.0 Å². The number of likely N-dealkylation sites (N-methyl/N-ethyl adjacent to an activating group) is 1. The standard InChI is InChI=1S/C19H25F2NO3/c1-22(18(24)13-9-11-19(20,21)12-10-13)15-7-8-16(17(15)23)25-14-5-3-2-4-6-14/h2-6,13,15-17,23H,7-12H2,1H3/t15-,16-,17-/m1/s1. The maximum atomic E-state index is 13.3. The molecule has 4 nitrogen and oxygen atoms in total. The molecule has 0 heterocycles. The lowest BCUT2D eigenvalue weighted by Gasteiger charge is -2.34. The van der Waals surface area contributed by atoms with Crippen LogP contribution in [0.25, 0.3) is 0 Å². The summed E-state index contributed by atoms with van der Waals surface area (Å²) in [5.74, 6) is -2.46. The Balaban J connectivity index is 1.57. The van der Waals surface area contributed by atoms with Crippen molar-refractivity contribution < 1.29 is 23.4 Å². The van der Waals surface area contributed by atoms with E-state index in [0.717, 1.165) is 0 Å². The number of carbonyl (C=O) groups is 1. The predicted molar refractivity (Wildman–Crippen MR) is 89.6 cm³/mol. The molecular weight excluding hydrogens is 328 g/mol. The van der Waals surface area contributed by atoms with Gasteiger partial charge in [-0.1, -0.05) is 18.2 Å². The van der Waals surface area contributed by atoms with Crippen LogP contribution in [-0.2, 0) is 4.79 Å². The monoisotopic (exact) mass is 353 g/mol. The zero-order valence-corrected chi connectivity index (χ0v) is 14.4. The fourth-order valence-corrected chi connectivity index (χ4v) is 3.89. The summed E-state index contributed by atoms with van der Waals surface area (Å²) in [5.41, 5.74) is 0. The third-order valence-electron chi connectivity index (χ3n) is 5.46. The Hall–Kier alpha value is -1.69. The molecule has 1 aromatic rings. The predicted octanol–water partition coefficient (Wildman–Crippen LogP) is 3.24. The Morgan fingerprint density at radius 1 is 1.16 bits per heavy atom. The van der Waals surface area contributed by atoms with Crippen LogP contribution < -0.4 is 4.74 Å². The second-order valence-corrected chi connectivity index (χ2v) is 7.18. The van der Waals surface area contributed by atoms with Crippen molar-refractivity contribution in [2.45, 2.75) is 62.7 Å². The van der Waals surface area contributed by atoms with Crippen LogP contribution in [0.15, 0.2) is 30.3 Å². The van der Waals surface area contributed by atoms with Crippen LogP contribution in [0.2, 0.25) is 0 Å². The molecule has 0 aromatic heterocycles. The van der Waals surface area contributed by atoms with Gasteiger partial charge < -0.3 is 14.7 Å². The largest absolute Gasteiger partial charge is 0.488 e. The van der Waals surface area contributed by atoms with Crippen molar-refractivity contribution in [1.82, 2.24) is 4.90 Å². The number of rotatable bonds is 4. The second kappa shape index (κ2) is 7.28. The molecule has 25 heavy (non-hydrogen) atoms. The zero-order valence-electron chi connectivity index (χ0n) is 14.4. The third-order valence-corrected chi connectivity index (χ3v) is 5.46. The van der Waals surface area contributed by atoms with Gasteiger partial charge in [0.15, 0.2) is 0 Å². The first-order chi connectivity index (χ1) is 11.9. The van der Waals surface area contributed by atoms with Gasteiger partial charge in [-0.15, -0.1) is 0 Å². The van der Waals surface area contributed by atoms with E-state index in [4.69, 9.17) is 4.74 Å². The summed E-state index contributed by atoms with van der Waals surface area (Å²) >= 11 is 0. The summed E-state index contributed by atoms with van der Waals surface area (Å²) in [4.78, 5) is 14.2. The van der Waals surface area contributed by atoms with E-state index in [1.807, 2.05) is 30.3 Å². The maximum absolute atomic E-state index is 13.3. The lowest BCUT2D eigenvalue weighted by Crippen LogP contribution is -2.48. The van der Waals surface area contributed by atoms with E-state index in [1.165, 1.54) is 0 Å². The molecule has 0 spiro atoms. The Morgan fingerprint density at radius 3 is 2.44 bits per heavy atom. The van der Waals surface area contributed by atoms with Gasteiger partial charge in [-0.25, -0.2) is 8.78 Å². The number of carbonyl (C=O) groups excluding carboxylic acids is 1. The van der Waals surface area contributed by atoms with Crippen molar-refractivity contribution in [2.24, 2.45) is 5.92 Å². The SMILES string of the molecule is CN(C(=O)C1CCC(F)(F)CC1)[C@@H]1CC[C@@H](Oc2ccccc2)[C@@H]1O. The van der Waals surface area contributed by atoms with E-state index in [0.29, 0.717) is 18.6 Å².